The van der Waals surface area contributed by atoms with Gasteiger partial charge < -0.3 is 9.69 Å². The second-order valence-electron chi connectivity index (χ2n) is 3.22. The van der Waals surface area contributed by atoms with Crippen molar-refractivity contribution in [3.8, 4) is 0 Å². The van der Waals surface area contributed by atoms with Gasteiger partial charge in [0.2, 0.25) is 5.91 Å². The minimum Gasteiger partial charge on any atom is -0.338 e. The lowest BCUT2D eigenvalue weighted by Gasteiger charge is -2.12. The SMILES string of the molecule is C=CC(=O)N1CC(C)C(C=O)C1. The average molecular weight is 167 g/mol. The lowest BCUT2D eigenvalue weighted by Crippen LogP contribution is -2.26. The van der Waals surface area contributed by atoms with Crippen LogP contribution in [0.2, 0.25) is 0 Å². The summed E-state index contributed by atoms with van der Waals surface area (Å²) in [4.78, 5) is 23.3. The standard InChI is InChI=1S/C9H13NO2/c1-3-9(12)10-4-7(2)8(5-10)6-11/h3,6-8H,1,4-5H2,2H3. The molecule has 1 fully saturated rings. The molecule has 0 aromatic rings. The fourth-order valence-corrected chi connectivity index (χ4v) is 1.48. The molecule has 66 valence electrons. The molecule has 1 heterocycles. The third-order valence-corrected chi connectivity index (χ3v) is 2.33. The molecule has 1 rings (SSSR count). The Labute approximate surface area is 72.0 Å². The zero-order valence-electron chi connectivity index (χ0n) is 7.19. The van der Waals surface area contributed by atoms with E-state index in [1.54, 1.807) is 4.90 Å². The van der Waals surface area contributed by atoms with E-state index >= 15 is 0 Å². The fourth-order valence-electron chi connectivity index (χ4n) is 1.48. The summed E-state index contributed by atoms with van der Waals surface area (Å²) in [7, 11) is 0. The Kier molecular flexibility index (Phi) is 2.63. The first kappa shape index (κ1) is 8.97. The number of hydrogen-bond donors (Lipinski definition) is 0. The van der Waals surface area contributed by atoms with Gasteiger partial charge in [0.25, 0.3) is 0 Å². The van der Waals surface area contributed by atoms with Crippen LogP contribution in [0.1, 0.15) is 6.92 Å². The van der Waals surface area contributed by atoms with Crippen molar-refractivity contribution in [3.05, 3.63) is 12.7 Å². The Balaban J connectivity index is 2.59. The Bertz CT molecular complexity index is 213. The Hall–Kier alpha value is -1.12. The van der Waals surface area contributed by atoms with Crippen molar-refractivity contribution < 1.29 is 9.59 Å². The summed E-state index contributed by atoms with van der Waals surface area (Å²) in [5.41, 5.74) is 0. The van der Waals surface area contributed by atoms with Crippen LogP contribution < -0.4 is 0 Å². The third-order valence-electron chi connectivity index (χ3n) is 2.33. The molecule has 0 spiro atoms. The molecule has 0 saturated carbocycles. The van der Waals surface area contributed by atoms with Crippen LogP contribution in [0.25, 0.3) is 0 Å². The van der Waals surface area contributed by atoms with E-state index in [-0.39, 0.29) is 17.7 Å². The highest BCUT2D eigenvalue weighted by Gasteiger charge is 2.30. The molecule has 1 amide bonds. The fraction of sp³-hybridized carbons (Fsp3) is 0.556. The van der Waals surface area contributed by atoms with Crippen LogP contribution in [0, 0.1) is 11.8 Å². The molecule has 2 atom stereocenters. The van der Waals surface area contributed by atoms with Crippen molar-refractivity contribution in [3.63, 3.8) is 0 Å². The molecule has 0 aromatic heterocycles. The summed E-state index contributed by atoms with van der Waals surface area (Å²) < 4.78 is 0. The molecule has 0 aromatic carbocycles. The summed E-state index contributed by atoms with van der Waals surface area (Å²) in [6, 6.07) is 0. The van der Waals surface area contributed by atoms with Crippen molar-refractivity contribution >= 4 is 12.2 Å². The van der Waals surface area contributed by atoms with Crippen LogP contribution in [0.3, 0.4) is 0 Å². The van der Waals surface area contributed by atoms with E-state index < -0.39 is 0 Å². The number of aldehydes is 1. The lowest BCUT2D eigenvalue weighted by atomic mass is 10.0. The molecule has 1 saturated heterocycles. The number of rotatable bonds is 2. The van der Waals surface area contributed by atoms with E-state index in [9.17, 15) is 9.59 Å². The monoisotopic (exact) mass is 167 g/mol. The zero-order valence-corrected chi connectivity index (χ0v) is 7.19. The van der Waals surface area contributed by atoms with Crippen molar-refractivity contribution in [2.75, 3.05) is 13.1 Å². The smallest absolute Gasteiger partial charge is 0.245 e. The van der Waals surface area contributed by atoms with Gasteiger partial charge in [-0.1, -0.05) is 13.5 Å². The van der Waals surface area contributed by atoms with E-state index in [1.807, 2.05) is 6.92 Å². The van der Waals surface area contributed by atoms with Crippen LogP contribution in [0.4, 0.5) is 0 Å². The van der Waals surface area contributed by atoms with Crippen molar-refractivity contribution in [2.45, 2.75) is 6.92 Å². The highest BCUT2D eigenvalue weighted by Crippen LogP contribution is 2.20. The summed E-state index contributed by atoms with van der Waals surface area (Å²) >= 11 is 0. The summed E-state index contributed by atoms with van der Waals surface area (Å²) in [6.45, 7) is 6.61. The van der Waals surface area contributed by atoms with Crippen LogP contribution in [-0.2, 0) is 9.59 Å². The predicted molar refractivity (Wildman–Crippen MR) is 45.5 cm³/mol. The van der Waals surface area contributed by atoms with E-state index in [4.69, 9.17) is 0 Å². The quantitative estimate of drug-likeness (QED) is 0.442. The number of likely N-dealkylation sites (tertiary alicyclic amines) is 1. The first-order valence-corrected chi connectivity index (χ1v) is 4.05. The van der Waals surface area contributed by atoms with Crippen molar-refractivity contribution in [1.29, 1.82) is 0 Å². The predicted octanol–water partition coefficient (Wildman–Crippen LogP) is 0.466. The number of hydrogen-bond acceptors (Lipinski definition) is 2. The molecule has 3 heteroatoms. The van der Waals surface area contributed by atoms with Gasteiger partial charge in [0, 0.05) is 19.0 Å². The average Bonchev–Trinajstić information content (AvgIpc) is 2.45. The van der Waals surface area contributed by atoms with Crippen LogP contribution >= 0.6 is 0 Å². The molecular weight excluding hydrogens is 154 g/mol. The number of carbonyl (C=O) groups is 2. The Morgan fingerprint density at radius 3 is 2.67 bits per heavy atom. The number of nitrogens with zero attached hydrogens (tertiary/aromatic N) is 1. The lowest BCUT2D eigenvalue weighted by molar-refractivity contribution is -0.125. The van der Waals surface area contributed by atoms with Crippen LogP contribution in [0.5, 0.6) is 0 Å². The number of amides is 1. The normalized spacial score (nSPS) is 28.6. The highest BCUT2D eigenvalue weighted by atomic mass is 16.2. The molecule has 12 heavy (non-hydrogen) atoms. The summed E-state index contributed by atoms with van der Waals surface area (Å²) in [5.74, 6) is 0.214. The molecule has 0 bridgehead atoms. The van der Waals surface area contributed by atoms with Gasteiger partial charge in [0.15, 0.2) is 0 Å². The zero-order chi connectivity index (χ0) is 9.14. The van der Waals surface area contributed by atoms with Gasteiger partial charge in [0.1, 0.15) is 6.29 Å². The second-order valence-corrected chi connectivity index (χ2v) is 3.22. The summed E-state index contributed by atoms with van der Waals surface area (Å²) in [5, 5.41) is 0. The third kappa shape index (κ3) is 1.55. The molecule has 3 nitrogen and oxygen atoms in total. The molecule has 0 N–H and O–H groups in total. The van der Waals surface area contributed by atoms with E-state index in [0.29, 0.717) is 13.1 Å². The minimum atomic E-state index is -0.0776. The second kappa shape index (κ2) is 3.52. The van der Waals surface area contributed by atoms with Crippen molar-refractivity contribution in [2.24, 2.45) is 11.8 Å². The van der Waals surface area contributed by atoms with Crippen LogP contribution in [0.15, 0.2) is 12.7 Å². The molecular formula is C9H13NO2. The van der Waals surface area contributed by atoms with Gasteiger partial charge in [-0.25, -0.2) is 0 Å². The maximum Gasteiger partial charge on any atom is 0.245 e. The maximum atomic E-state index is 11.1. The number of carbonyl (C=O) groups excluding carboxylic acids is 2. The highest BCUT2D eigenvalue weighted by molar-refractivity contribution is 5.87. The van der Waals surface area contributed by atoms with E-state index in [0.717, 1.165) is 6.29 Å². The van der Waals surface area contributed by atoms with E-state index in [2.05, 4.69) is 6.58 Å². The van der Waals surface area contributed by atoms with E-state index in [1.165, 1.54) is 6.08 Å². The Morgan fingerprint density at radius 1 is 1.58 bits per heavy atom. The first-order valence-electron chi connectivity index (χ1n) is 4.05. The van der Waals surface area contributed by atoms with Crippen molar-refractivity contribution in [1.82, 2.24) is 4.90 Å². The summed E-state index contributed by atoms with van der Waals surface area (Å²) in [6.07, 6.45) is 2.22. The molecule has 0 aliphatic carbocycles. The van der Waals surface area contributed by atoms with Gasteiger partial charge in [-0.05, 0) is 12.0 Å². The van der Waals surface area contributed by atoms with Gasteiger partial charge in [0.05, 0.1) is 0 Å². The van der Waals surface area contributed by atoms with Gasteiger partial charge in [-0.15, -0.1) is 0 Å². The van der Waals surface area contributed by atoms with Crippen LogP contribution in [-0.4, -0.2) is 30.2 Å². The first-order chi connectivity index (χ1) is 5.69. The molecule has 0 radical (unpaired) electrons. The molecule has 2 unspecified atom stereocenters. The van der Waals surface area contributed by atoms with Gasteiger partial charge in [-0.2, -0.15) is 0 Å². The molecule has 1 aliphatic heterocycles. The topological polar surface area (TPSA) is 37.4 Å². The van der Waals surface area contributed by atoms with Gasteiger partial charge >= 0.3 is 0 Å². The van der Waals surface area contributed by atoms with Gasteiger partial charge in [-0.3, -0.25) is 4.79 Å². The maximum absolute atomic E-state index is 11.1. The Morgan fingerprint density at radius 2 is 2.25 bits per heavy atom. The largest absolute Gasteiger partial charge is 0.338 e. The molecule has 1 aliphatic rings. The minimum absolute atomic E-state index is 0.00824.